The van der Waals surface area contributed by atoms with Crippen molar-refractivity contribution in [2.24, 2.45) is 0 Å². The Morgan fingerprint density at radius 3 is 2.70 bits per heavy atom. The minimum atomic E-state index is -3.58. The van der Waals surface area contributed by atoms with Crippen molar-refractivity contribution >= 4 is 21.4 Å². The summed E-state index contributed by atoms with van der Waals surface area (Å²) in [5, 5.41) is 6.58. The summed E-state index contributed by atoms with van der Waals surface area (Å²) in [5.41, 5.74) is 2.70. The van der Waals surface area contributed by atoms with Gasteiger partial charge in [-0.25, -0.2) is 13.1 Å². The van der Waals surface area contributed by atoms with Crippen LogP contribution in [0.25, 0.3) is 10.6 Å². The molecule has 1 N–H and O–H groups in total. The summed E-state index contributed by atoms with van der Waals surface area (Å²) in [6.45, 7) is 6.97. The number of hydrogen-bond acceptors (Lipinski definition) is 5. The van der Waals surface area contributed by atoms with Crippen LogP contribution < -0.4 is 9.46 Å². The molecule has 6 nitrogen and oxygen atoms in total. The molecular weight excluding hydrogens is 382 g/mol. The maximum atomic E-state index is 12.5. The number of aromatic nitrogens is 2. The van der Waals surface area contributed by atoms with Gasteiger partial charge in [0, 0.05) is 12.2 Å². The molecule has 27 heavy (non-hydrogen) atoms. The average Bonchev–Trinajstić information content (AvgIpc) is 3.27. The molecule has 0 saturated carbocycles. The molecule has 0 atom stereocenters. The molecule has 0 unspecified atom stereocenters. The molecule has 0 saturated heterocycles. The van der Waals surface area contributed by atoms with Crippen LogP contribution in [0, 0.1) is 13.8 Å². The summed E-state index contributed by atoms with van der Waals surface area (Å²) in [7, 11) is -3.58. The van der Waals surface area contributed by atoms with E-state index in [4.69, 9.17) is 4.74 Å². The molecule has 0 aliphatic rings. The monoisotopic (exact) mass is 405 g/mol. The van der Waals surface area contributed by atoms with E-state index in [0.29, 0.717) is 18.9 Å². The van der Waals surface area contributed by atoms with E-state index >= 15 is 0 Å². The number of rotatable bonds is 8. The Kier molecular flexibility index (Phi) is 5.98. The maximum absolute atomic E-state index is 12.5. The van der Waals surface area contributed by atoms with Gasteiger partial charge in [0.05, 0.1) is 22.9 Å². The minimum absolute atomic E-state index is 0.236. The first-order valence-electron chi connectivity index (χ1n) is 8.72. The first kappa shape index (κ1) is 19.6. The lowest BCUT2D eigenvalue weighted by molar-refractivity contribution is 0.337. The summed E-state index contributed by atoms with van der Waals surface area (Å²) in [6, 6.07) is 10.9. The van der Waals surface area contributed by atoms with Crippen LogP contribution in [-0.2, 0) is 16.6 Å². The fourth-order valence-corrected chi connectivity index (χ4v) is 4.54. The SMILES string of the molecule is CCOc1ccc(S(=O)(=O)NCCn2nc(-c3cccs3)cc2C)cc1C. The van der Waals surface area contributed by atoms with Crippen LogP contribution >= 0.6 is 11.3 Å². The Balaban J connectivity index is 1.65. The van der Waals surface area contributed by atoms with Gasteiger partial charge in [0.25, 0.3) is 0 Å². The predicted molar refractivity (Wildman–Crippen MR) is 108 cm³/mol. The number of thiophene rings is 1. The Morgan fingerprint density at radius 1 is 1.22 bits per heavy atom. The normalized spacial score (nSPS) is 11.7. The maximum Gasteiger partial charge on any atom is 0.240 e. The van der Waals surface area contributed by atoms with E-state index < -0.39 is 10.0 Å². The van der Waals surface area contributed by atoms with Gasteiger partial charge in [-0.05, 0) is 62.0 Å². The van der Waals surface area contributed by atoms with E-state index in [1.54, 1.807) is 29.5 Å². The van der Waals surface area contributed by atoms with Gasteiger partial charge >= 0.3 is 0 Å². The van der Waals surface area contributed by atoms with E-state index in [1.165, 1.54) is 0 Å². The van der Waals surface area contributed by atoms with Gasteiger partial charge in [-0.3, -0.25) is 4.68 Å². The Morgan fingerprint density at radius 2 is 2.04 bits per heavy atom. The van der Waals surface area contributed by atoms with Crippen molar-refractivity contribution in [3.8, 4) is 16.3 Å². The molecule has 3 aromatic rings. The summed E-state index contributed by atoms with van der Waals surface area (Å²) in [5.74, 6) is 0.699. The van der Waals surface area contributed by atoms with E-state index in [0.717, 1.165) is 21.8 Å². The van der Waals surface area contributed by atoms with Crippen LogP contribution in [0.2, 0.25) is 0 Å². The summed E-state index contributed by atoms with van der Waals surface area (Å²) in [6.07, 6.45) is 0. The molecule has 0 aliphatic heterocycles. The van der Waals surface area contributed by atoms with Crippen molar-refractivity contribution in [1.82, 2.24) is 14.5 Å². The van der Waals surface area contributed by atoms with Crippen molar-refractivity contribution in [2.45, 2.75) is 32.2 Å². The van der Waals surface area contributed by atoms with E-state index in [1.807, 2.05) is 49.0 Å². The van der Waals surface area contributed by atoms with E-state index in [9.17, 15) is 8.42 Å². The second-order valence-electron chi connectivity index (χ2n) is 6.13. The summed E-state index contributed by atoms with van der Waals surface area (Å²) >= 11 is 1.63. The van der Waals surface area contributed by atoms with Crippen molar-refractivity contribution in [1.29, 1.82) is 0 Å². The van der Waals surface area contributed by atoms with E-state index in [2.05, 4.69) is 9.82 Å². The Bertz CT molecular complexity index is 1010. The molecule has 0 spiro atoms. The topological polar surface area (TPSA) is 73.2 Å². The Labute approximate surface area is 163 Å². The largest absolute Gasteiger partial charge is 0.494 e. The third kappa shape index (κ3) is 4.58. The molecule has 2 heterocycles. The van der Waals surface area contributed by atoms with Crippen molar-refractivity contribution in [3.63, 3.8) is 0 Å². The van der Waals surface area contributed by atoms with Gasteiger partial charge in [0.15, 0.2) is 0 Å². The van der Waals surface area contributed by atoms with Gasteiger partial charge in [0.2, 0.25) is 10.0 Å². The highest BCUT2D eigenvalue weighted by molar-refractivity contribution is 7.89. The fourth-order valence-electron chi connectivity index (χ4n) is 2.76. The molecule has 0 radical (unpaired) electrons. The number of ether oxygens (including phenoxy) is 1. The smallest absolute Gasteiger partial charge is 0.240 e. The molecule has 8 heteroatoms. The molecule has 1 aromatic carbocycles. The van der Waals surface area contributed by atoms with Crippen LogP contribution in [0.15, 0.2) is 46.7 Å². The second-order valence-corrected chi connectivity index (χ2v) is 8.84. The molecule has 144 valence electrons. The summed E-state index contributed by atoms with van der Waals surface area (Å²) in [4.78, 5) is 1.34. The first-order valence-corrected chi connectivity index (χ1v) is 11.1. The number of benzene rings is 1. The number of hydrogen-bond donors (Lipinski definition) is 1. The Hall–Kier alpha value is -2.16. The zero-order valence-corrected chi connectivity index (χ0v) is 17.2. The van der Waals surface area contributed by atoms with Crippen LogP contribution in [0.5, 0.6) is 5.75 Å². The minimum Gasteiger partial charge on any atom is -0.494 e. The van der Waals surface area contributed by atoms with Crippen LogP contribution in [0.1, 0.15) is 18.2 Å². The van der Waals surface area contributed by atoms with Gasteiger partial charge in [-0.1, -0.05) is 6.07 Å². The molecule has 0 aliphatic carbocycles. The van der Waals surface area contributed by atoms with Crippen LogP contribution in [0.3, 0.4) is 0 Å². The molecule has 0 bridgehead atoms. The highest BCUT2D eigenvalue weighted by Gasteiger charge is 2.15. The molecule has 3 rings (SSSR count). The molecular formula is C19H23N3O3S2. The zero-order chi connectivity index (χ0) is 19.4. The zero-order valence-electron chi connectivity index (χ0n) is 15.6. The highest BCUT2D eigenvalue weighted by Crippen LogP contribution is 2.24. The fraction of sp³-hybridized carbons (Fsp3) is 0.316. The number of nitrogens with one attached hydrogen (secondary N) is 1. The second kappa shape index (κ2) is 8.24. The van der Waals surface area contributed by atoms with Crippen molar-refractivity contribution in [2.75, 3.05) is 13.2 Å². The van der Waals surface area contributed by atoms with E-state index in [-0.39, 0.29) is 11.4 Å². The van der Waals surface area contributed by atoms with Crippen molar-refractivity contribution < 1.29 is 13.2 Å². The lowest BCUT2D eigenvalue weighted by Gasteiger charge is -2.11. The molecule has 0 fully saturated rings. The third-order valence-electron chi connectivity index (χ3n) is 4.13. The standard InChI is InChI=1S/C19H23N3O3S2/c1-4-25-18-8-7-16(12-14(18)2)27(23,24)20-9-10-22-15(3)13-17(21-22)19-6-5-11-26-19/h5-8,11-13,20H,4,9-10H2,1-3H3. The predicted octanol–water partition coefficient (Wildman–Crippen LogP) is 3.61. The third-order valence-corrected chi connectivity index (χ3v) is 6.48. The highest BCUT2D eigenvalue weighted by atomic mass is 32.2. The van der Waals surface area contributed by atoms with Crippen LogP contribution in [0.4, 0.5) is 0 Å². The molecule has 2 aromatic heterocycles. The summed E-state index contributed by atoms with van der Waals surface area (Å²) < 4.78 is 35.0. The lowest BCUT2D eigenvalue weighted by atomic mass is 10.2. The van der Waals surface area contributed by atoms with Gasteiger partial charge < -0.3 is 4.74 Å². The number of nitrogens with zero attached hydrogens (tertiary/aromatic N) is 2. The van der Waals surface area contributed by atoms with Crippen LogP contribution in [-0.4, -0.2) is 31.3 Å². The quantitative estimate of drug-likeness (QED) is 0.621. The first-order chi connectivity index (χ1) is 12.9. The number of aryl methyl sites for hydroxylation is 2. The van der Waals surface area contributed by atoms with Crippen molar-refractivity contribution in [3.05, 3.63) is 53.0 Å². The lowest BCUT2D eigenvalue weighted by Crippen LogP contribution is -2.28. The number of sulfonamides is 1. The average molecular weight is 406 g/mol. The van der Waals surface area contributed by atoms with Gasteiger partial charge in [-0.15, -0.1) is 11.3 Å². The van der Waals surface area contributed by atoms with Gasteiger partial charge in [0.1, 0.15) is 11.4 Å². The molecule has 0 amide bonds. The van der Waals surface area contributed by atoms with Gasteiger partial charge in [-0.2, -0.15) is 5.10 Å².